The van der Waals surface area contributed by atoms with E-state index in [4.69, 9.17) is 0 Å². The van der Waals surface area contributed by atoms with E-state index in [-0.39, 0.29) is 0 Å². The molecule has 0 aromatic carbocycles. The van der Waals surface area contributed by atoms with Gasteiger partial charge in [-0.3, -0.25) is 4.98 Å². The molecule has 0 saturated carbocycles. The molecular weight excluding hydrogens is 199 g/mol. The quantitative estimate of drug-likeness (QED) is 0.737. The second-order valence-electron chi connectivity index (χ2n) is 2.40. The van der Waals surface area contributed by atoms with Crippen molar-refractivity contribution < 1.29 is 13.2 Å². The lowest BCUT2D eigenvalue weighted by Crippen LogP contribution is -2.07. The van der Waals surface area contributed by atoms with Gasteiger partial charge in [0.1, 0.15) is 5.69 Å². The first-order chi connectivity index (χ1) is 6.04. The van der Waals surface area contributed by atoms with E-state index >= 15 is 0 Å². The average Bonchev–Trinajstić information content (AvgIpc) is 2.04. The Morgan fingerprint density at radius 2 is 2.08 bits per heavy atom. The van der Waals surface area contributed by atoms with Crippen LogP contribution in [0.15, 0.2) is 18.3 Å². The standard InChI is InChI=1S/C8H7F3NS/c1-13-5-6-2-3-7(12-4-6)8(9,10)11/h2-4H,1,5H2. The molecule has 0 saturated heterocycles. The van der Waals surface area contributed by atoms with E-state index in [2.05, 4.69) is 11.2 Å². The number of halogens is 3. The van der Waals surface area contributed by atoms with Crippen molar-refractivity contribution in [1.82, 2.24) is 4.98 Å². The van der Waals surface area contributed by atoms with Crippen molar-refractivity contribution in [3.05, 3.63) is 35.8 Å². The van der Waals surface area contributed by atoms with Crippen molar-refractivity contribution in [1.29, 1.82) is 0 Å². The monoisotopic (exact) mass is 206 g/mol. The Morgan fingerprint density at radius 3 is 2.46 bits per heavy atom. The Hall–Kier alpha value is -0.710. The summed E-state index contributed by atoms with van der Waals surface area (Å²) in [5.74, 6) is 0.575. The molecule has 0 N–H and O–H groups in total. The predicted octanol–water partition coefficient (Wildman–Crippen LogP) is 3.13. The molecule has 0 aliphatic carbocycles. The second-order valence-corrected chi connectivity index (χ2v) is 3.09. The molecule has 0 aliphatic rings. The van der Waals surface area contributed by atoms with Gasteiger partial charge in [0.2, 0.25) is 0 Å². The maximum atomic E-state index is 12.0. The van der Waals surface area contributed by atoms with Crippen LogP contribution < -0.4 is 0 Å². The van der Waals surface area contributed by atoms with Gasteiger partial charge in [-0.2, -0.15) is 24.9 Å². The van der Waals surface area contributed by atoms with Gasteiger partial charge in [-0.15, -0.1) is 0 Å². The highest BCUT2D eigenvalue weighted by Gasteiger charge is 2.31. The van der Waals surface area contributed by atoms with Gasteiger partial charge in [0.05, 0.1) is 0 Å². The molecular formula is C8H7F3NS. The number of aromatic nitrogens is 1. The largest absolute Gasteiger partial charge is 0.433 e. The lowest BCUT2D eigenvalue weighted by molar-refractivity contribution is -0.141. The van der Waals surface area contributed by atoms with Gasteiger partial charge in [0.15, 0.2) is 0 Å². The van der Waals surface area contributed by atoms with E-state index in [1.165, 1.54) is 24.0 Å². The van der Waals surface area contributed by atoms with Crippen LogP contribution in [0.5, 0.6) is 0 Å². The van der Waals surface area contributed by atoms with Crippen LogP contribution in [-0.2, 0) is 11.9 Å². The zero-order valence-electron chi connectivity index (χ0n) is 6.64. The number of nitrogens with zero attached hydrogens (tertiary/aromatic N) is 1. The van der Waals surface area contributed by atoms with Gasteiger partial charge in [-0.1, -0.05) is 6.07 Å². The van der Waals surface area contributed by atoms with E-state index in [1.54, 1.807) is 0 Å². The lowest BCUT2D eigenvalue weighted by Gasteiger charge is -2.05. The maximum absolute atomic E-state index is 12.0. The third-order valence-corrected chi connectivity index (χ3v) is 1.92. The summed E-state index contributed by atoms with van der Waals surface area (Å²) in [6, 6.07) is 2.39. The van der Waals surface area contributed by atoms with Crippen LogP contribution in [0.4, 0.5) is 13.2 Å². The summed E-state index contributed by atoms with van der Waals surface area (Å²) < 4.78 is 36.1. The minimum absolute atomic E-state index is 0.575. The van der Waals surface area contributed by atoms with Crippen LogP contribution in [0.25, 0.3) is 0 Å². The SMILES string of the molecule is [CH2]SCc1ccc(C(F)(F)F)nc1. The highest BCUT2D eigenvalue weighted by molar-refractivity contribution is 7.99. The molecule has 0 unspecified atom stereocenters. The van der Waals surface area contributed by atoms with E-state index in [0.717, 1.165) is 11.6 Å². The molecule has 0 bridgehead atoms. The fourth-order valence-electron chi connectivity index (χ4n) is 0.795. The summed E-state index contributed by atoms with van der Waals surface area (Å²) in [7, 11) is 0. The molecule has 1 aromatic heterocycles. The zero-order valence-corrected chi connectivity index (χ0v) is 7.45. The van der Waals surface area contributed by atoms with Gasteiger partial charge in [0.25, 0.3) is 0 Å². The normalized spacial score (nSPS) is 11.7. The molecule has 71 valence electrons. The highest BCUT2D eigenvalue weighted by Crippen LogP contribution is 2.27. The summed E-state index contributed by atoms with van der Waals surface area (Å²) in [5.41, 5.74) is -0.113. The molecule has 13 heavy (non-hydrogen) atoms. The fourth-order valence-corrected chi connectivity index (χ4v) is 1.20. The number of rotatable bonds is 2. The van der Waals surface area contributed by atoms with Gasteiger partial charge >= 0.3 is 6.18 Å². The van der Waals surface area contributed by atoms with Crippen LogP contribution in [0, 0.1) is 6.26 Å². The molecule has 1 aromatic rings. The lowest BCUT2D eigenvalue weighted by atomic mass is 10.3. The van der Waals surface area contributed by atoms with Crippen molar-refractivity contribution in [2.45, 2.75) is 11.9 Å². The molecule has 0 spiro atoms. The van der Waals surface area contributed by atoms with Crippen molar-refractivity contribution >= 4 is 11.8 Å². The molecule has 1 rings (SSSR count). The van der Waals surface area contributed by atoms with Crippen LogP contribution >= 0.6 is 11.8 Å². The Balaban J connectivity index is 2.81. The van der Waals surface area contributed by atoms with Crippen LogP contribution in [-0.4, -0.2) is 4.98 Å². The number of thioether (sulfide) groups is 1. The Kier molecular flexibility index (Phi) is 3.19. The first-order valence-electron chi connectivity index (χ1n) is 3.43. The Labute approximate surface area is 78.4 Å². The van der Waals surface area contributed by atoms with Gasteiger partial charge in [-0.25, -0.2) is 0 Å². The van der Waals surface area contributed by atoms with Crippen molar-refractivity contribution in [2.75, 3.05) is 0 Å². The van der Waals surface area contributed by atoms with Gasteiger partial charge in [0, 0.05) is 18.2 Å². The van der Waals surface area contributed by atoms with Gasteiger partial charge in [-0.05, 0) is 11.6 Å². The third-order valence-electron chi connectivity index (χ3n) is 1.38. The number of hydrogen-bond acceptors (Lipinski definition) is 2. The molecule has 1 radical (unpaired) electrons. The Morgan fingerprint density at radius 1 is 1.38 bits per heavy atom. The van der Waals surface area contributed by atoms with Crippen LogP contribution in [0.1, 0.15) is 11.3 Å². The Bertz CT molecular complexity index is 268. The molecule has 0 atom stereocenters. The average molecular weight is 206 g/mol. The molecule has 0 fully saturated rings. The first kappa shape index (κ1) is 10.4. The van der Waals surface area contributed by atoms with Gasteiger partial charge < -0.3 is 0 Å². The second kappa shape index (κ2) is 4.00. The summed E-state index contributed by atoms with van der Waals surface area (Å²) in [5, 5.41) is 0. The van der Waals surface area contributed by atoms with Crippen molar-refractivity contribution in [3.63, 3.8) is 0 Å². The maximum Gasteiger partial charge on any atom is 0.433 e. The number of alkyl halides is 3. The third kappa shape index (κ3) is 2.91. The number of pyridine rings is 1. The molecule has 1 heterocycles. The molecule has 5 heteroatoms. The van der Waals surface area contributed by atoms with E-state index in [0.29, 0.717) is 5.75 Å². The fraction of sp³-hybridized carbons (Fsp3) is 0.250. The minimum atomic E-state index is -4.35. The smallest absolute Gasteiger partial charge is 0.251 e. The van der Waals surface area contributed by atoms with Crippen LogP contribution in [0.3, 0.4) is 0 Å². The molecule has 1 nitrogen and oxygen atoms in total. The highest BCUT2D eigenvalue weighted by atomic mass is 32.2. The van der Waals surface area contributed by atoms with Crippen molar-refractivity contribution in [3.8, 4) is 0 Å². The minimum Gasteiger partial charge on any atom is -0.251 e. The topological polar surface area (TPSA) is 12.9 Å². The molecule has 0 aliphatic heterocycles. The summed E-state index contributed by atoms with van der Waals surface area (Å²) in [4.78, 5) is 3.30. The first-order valence-corrected chi connectivity index (χ1v) is 4.58. The summed E-state index contributed by atoms with van der Waals surface area (Å²) >= 11 is 1.30. The summed E-state index contributed by atoms with van der Waals surface area (Å²) in [6.07, 6.45) is 0.391. The molecule has 0 amide bonds. The predicted molar refractivity (Wildman–Crippen MR) is 45.9 cm³/mol. The zero-order chi connectivity index (χ0) is 9.90. The summed E-state index contributed by atoms with van der Waals surface area (Å²) in [6.45, 7) is 0. The number of hydrogen-bond donors (Lipinski definition) is 0. The van der Waals surface area contributed by atoms with Crippen LogP contribution in [0.2, 0.25) is 0 Å². The van der Waals surface area contributed by atoms with E-state index < -0.39 is 11.9 Å². The van der Waals surface area contributed by atoms with Crippen molar-refractivity contribution in [2.24, 2.45) is 0 Å². The van der Waals surface area contributed by atoms with E-state index in [1.807, 2.05) is 0 Å². The van der Waals surface area contributed by atoms with E-state index in [9.17, 15) is 13.2 Å².